The van der Waals surface area contributed by atoms with Gasteiger partial charge in [-0.15, -0.1) is 0 Å². The van der Waals surface area contributed by atoms with Gasteiger partial charge in [0, 0.05) is 23.5 Å². The van der Waals surface area contributed by atoms with Gasteiger partial charge >= 0.3 is 0 Å². The zero-order chi connectivity index (χ0) is 18.7. The Morgan fingerprint density at radius 3 is 2.88 bits per heavy atom. The normalized spacial score (nSPS) is 10.8. The predicted molar refractivity (Wildman–Crippen MR) is 99.0 cm³/mol. The molecule has 0 aliphatic carbocycles. The summed E-state index contributed by atoms with van der Waals surface area (Å²) in [6, 6.07) is 8.53. The number of rotatable bonds is 5. The maximum absolute atomic E-state index is 13.6. The molecule has 0 radical (unpaired) electrons. The minimum Gasteiger partial charge on any atom is -0.323 e. The summed E-state index contributed by atoms with van der Waals surface area (Å²) in [4.78, 5) is 16.3. The van der Waals surface area contributed by atoms with E-state index >= 15 is 0 Å². The third-order valence-electron chi connectivity index (χ3n) is 3.64. The Kier molecular flexibility index (Phi) is 5.58. The van der Waals surface area contributed by atoms with Crippen LogP contribution in [-0.4, -0.2) is 21.2 Å². The molecule has 0 spiro atoms. The first kappa shape index (κ1) is 18.4. The van der Waals surface area contributed by atoms with E-state index < -0.39 is 17.5 Å². The van der Waals surface area contributed by atoms with Crippen LogP contribution in [0.5, 0.6) is 0 Å². The van der Waals surface area contributed by atoms with Crippen LogP contribution in [0.2, 0.25) is 5.02 Å². The number of carbonyl (C=O) groups excluding carboxylic acids is 1. The number of halogens is 3. The van der Waals surface area contributed by atoms with Crippen LogP contribution < -0.4 is 5.32 Å². The van der Waals surface area contributed by atoms with Crippen LogP contribution in [0.15, 0.2) is 53.9 Å². The van der Waals surface area contributed by atoms with Gasteiger partial charge in [-0.25, -0.2) is 13.8 Å². The standard InChI is InChI=1S/C18H14ClF2N3OS/c1-11-13(19)3-2-4-16(11)24-8-7-22-18(24)26-10-17(25)23-15-6-5-12(20)9-14(15)21/h2-9H,10H2,1H3,(H,23,25). The molecular formula is C18H14ClF2N3OS. The van der Waals surface area contributed by atoms with Crippen molar-refractivity contribution in [2.45, 2.75) is 12.1 Å². The summed E-state index contributed by atoms with van der Waals surface area (Å²) < 4.78 is 28.3. The van der Waals surface area contributed by atoms with E-state index in [1.807, 2.05) is 23.6 Å². The first-order valence-electron chi connectivity index (χ1n) is 7.62. The molecule has 4 nitrogen and oxygen atoms in total. The van der Waals surface area contributed by atoms with E-state index in [0.29, 0.717) is 10.2 Å². The summed E-state index contributed by atoms with van der Waals surface area (Å²) in [5.41, 5.74) is 1.69. The Bertz CT molecular complexity index is 961. The van der Waals surface area contributed by atoms with Gasteiger partial charge in [0.15, 0.2) is 5.16 Å². The van der Waals surface area contributed by atoms with E-state index in [9.17, 15) is 13.6 Å². The molecule has 0 atom stereocenters. The highest BCUT2D eigenvalue weighted by Crippen LogP contribution is 2.26. The predicted octanol–water partition coefficient (Wildman–Crippen LogP) is 4.84. The number of carbonyl (C=O) groups is 1. The van der Waals surface area contributed by atoms with Crippen molar-refractivity contribution >= 4 is 35.0 Å². The molecule has 1 amide bonds. The number of imidazole rings is 1. The molecule has 1 N–H and O–H groups in total. The Morgan fingerprint density at radius 2 is 2.12 bits per heavy atom. The number of hydrogen-bond acceptors (Lipinski definition) is 3. The number of nitrogens with one attached hydrogen (secondary N) is 1. The van der Waals surface area contributed by atoms with Gasteiger partial charge in [0.05, 0.1) is 17.1 Å². The second-order valence-electron chi connectivity index (χ2n) is 5.42. The summed E-state index contributed by atoms with van der Waals surface area (Å²) >= 11 is 7.36. The average Bonchev–Trinajstić information content (AvgIpc) is 3.06. The Morgan fingerprint density at radius 1 is 1.31 bits per heavy atom. The van der Waals surface area contributed by atoms with Gasteiger partial charge in [-0.1, -0.05) is 29.4 Å². The van der Waals surface area contributed by atoms with E-state index in [4.69, 9.17) is 11.6 Å². The van der Waals surface area contributed by atoms with Gasteiger partial charge in [-0.3, -0.25) is 9.36 Å². The average molecular weight is 394 g/mol. The summed E-state index contributed by atoms with van der Waals surface area (Å²) in [7, 11) is 0. The van der Waals surface area contributed by atoms with E-state index in [0.717, 1.165) is 23.4 Å². The fourth-order valence-corrected chi connectivity index (χ4v) is 3.28. The van der Waals surface area contributed by atoms with Crippen LogP contribution in [-0.2, 0) is 4.79 Å². The lowest BCUT2D eigenvalue weighted by atomic mass is 10.2. The largest absolute Gasteiger partial charge is 0.323 e. The van der Waals surface area contributed by atoms with Crippen LogP contribution in [0.3, 0.4) is 0 Å². The molecule has 26 heavy (non-hydrogen) atoms. The minimum absolute atomic E-state index is 0.0213. The van der Waals surface area contributed by atoms with Gasteiger partial charge in [-0.05, 0) is 36.8 Å². The van der Waals surface area contributed by atoms with Crippen molar-refractivity contribution in [2.75, 3.05) is 11.1 Å². The van der Waals surface area contributed by atoms with Crippen molar-refractivity contribution in [1.82, 2.24) is 9.55 Å². The number of aromatic nitrogens is 2. The van der Waals surface area contributed by atoms with E-state index in [1.165, 1.54) is 17.8 Å². The minimum atomic E-state index is -0.820. The molecule has 0 saturated carbocycles. The quantitative estimate of drug-likeness (QED) is 0.631. The van der Waals surface area contributed by atoms with Crippen molar-refractivity contribution in [3.63, 3.8) is 0 Å². The molecule has 0 aliphatic heterocycles. The van der Waals surface area contributed by atoms with Crippen LogP contribution in [0.1, 0.15) is 5.56 Å². The number of hydrogen-bond donors (Lipinski definition) is 1. The summed E-state index contributed by atoms with van der Waals surface area (Å²) in [5, 5.41) is 3.66. The highest BCUT2D eigenvalue weighted by atomic mass is 35.5. The monoisotopic (exact) mass is 393 g/mol. The van der Waals surface area contributed by atoms with Crippen LogP contribution in [0, 0.1) is 18.6 Å². The maximum atomic E-state index is 13.6. The van der Waals surface area contributed by atoms with Crippen molar-refractivity contribution < 1.29 is 13.6 Å². The molecule has 1 heterocycles. The molecule has 134 valence electrons. The molecule has 0 aliphatic rings. The zero-order valence-corrected chi connectivity index (χ0v) is 15.2. The van der Waals surface area contributed by atoms with Crippen LogP contribution >= 0.6 is 23.4 Å². The molecule has 2 aromatic carbocycles. The molecule has 0 fully saturated rings. The first-order valence-corrected chi connectivity index (χ1v) is 8.98. The lowest BCUT2D eigenvalue weighted by molar-refractivity contribution is -0.113. The molecule has 3 rings (SSSR count). The second-order valence-corrected chi connectivity index (χ2v) is 6.77. The zero-order valence-electron chi connectivity index (χ0n) is 13.7. The lowest BCUT2D eigenvalue weighted by Crippen LogP contribution is -2.15. The second kappa shape index (κ2) is 7.88. The van der Waals surface area contributed by atoms with Gasteiger partial charge in [0.1, 0.15) is 11.6 Å². The third kappa shape index (κ3) is 4.05. The van der Waals surface area contributed by atoms with Gasteiger partial charge in [0.25, 0.3) is 0 Å². The fourth-order valence-electron chi connectivity index (χ4n) is 2.34. The Hall–Kier alpha value is -2.38. The van der Waals surface area contributed by atoms with Gasteiger partial charge in [-0.2, -0.15) is 0 Å². The topological polar surface area (TPSA) is 46.9 Å². The maximum Gasteiger partial charge on any atom is 0.234 e. The molecule has 3 aromatic rings. The SMILES string of the molecule is Cc1c(Cl)cccc1-n1ccnc1SCC(=O)Nc1ccc(F)cc1F. The Labute approximate surface area is 158 Å². The number of benzene rings is 2. The molecule has 8 heteroatoms. The summed E-state index contributed by atoms with van der Waals surface area (Å²) in [5.74, 6) is -1.92. The van der Waals surface area contributed by atoms with E-state index in [-0.39, 0.29) is 11.4 Å². The fraction of sp³-hybridized carbons (Fsp3) is 0.111. The lowest BCUT2D eigenvalue weighted by Gasteiger charge is -2.11. The highest BCUT2D eigenvalue weighted by Gasteiger charge is 2.13. The van der Waals surface area contributed by atoms with Crippen molar-refractivity contribution in [1.29, 1.82) is 0 Å². The smallest absolute Gasteiger partial charge is 0.234 e. The summed E-state index contributed by atoms with van der Waals surface area (Å²) in [6.45, 7) is 1.90. The van der Waals surface area contributed by atoms with Crippen LogP contribution in [0.25, 0.3) is 5.69 Å². The van der Waals surface area contributed by atoms with E-state index in [2.05, 4.69) is 10.3 Å². The van der Waals surface area contributed by atoms with Gasteiger partial charge < -0.3 is 5.32 Å². The first-order chi connectivity index (χ1) is 12.5. The third-order valence-corrected chi connectivity index (χ3v) is 5.02. The number of anilines is 1. The molecular weight excluding hydrogens is 380 g/mol. The van der Waals surface area contributed by atoms with Crippen molar-refractivity contribution in [2.24, 2.45) is 0 Å². The van der Waals surface area contributed by atoms with Gasteiger partial charge in [0.2, 0.25) is 5.91 Å². The molecule has 0 saturated heterocycles. The van der Waals surface area contributed by atoms with Crippen molar-refractivity contribution in [3.8, 4) is 5.69 Å². The number of thioether (sulfide) groups is 1. The van der Waals surface area contributed by atoms with Crippen molar-refractivity contribution in [3.05, 3.63) is 71.0 Å². The highest BCUT2D eigenvalue weighted by molar-refractivity contribution is 7.99. The van der Waals surface area contributed by atoms with Crippen LogP contribution in [0.4, 0.5) is 14.5 Å². The number of nitrogens with zero attached hydrogens (tertiary/aromatic N) is 2. The molecule has 0 bridgehead atoms. The Balaban J connectivity index is 1.70. The summed E-state index contributed by atoms with van der Waals surface area (Å²) in [6.07, 6.45) is 3.40. The molecule has 1 aromatic heterocycles. The molecule has 0 unspecified atom stereocenters. The number of amides is 1. The van der Waals surface area contributed by atoms with E-state index in [1.54, 1.807) is 18.5 Å².